The van der Waals surface area contributed by atoms with Crippen LogP contribution in [-0.4, -0.2) is 53.6 Å². The van der Waals surface area contributed by atoms with Crippen LogP contribution in [0.1, 0.15) is 44.0 Å². The van der Waals surface area contributed by atoms with Crippen molar-refractivity contribution >= 4 is 12.0 Å². The molecule has 0 saturated carbocycles. The number of benzene rings is 1. The van der Waals surface area contributed by atoms with Crippen molar-refractivity contribution in [2.75, 3.05) is 20.1 Å². The van der Waals surface area contributed by atoms with Crippen LogP contribution in [0.3, 0.4) is 0 Å². The average molecular weight is 318 g/mol. The first-order valence-corrected chi connectivity index (χ1v) is 8.08. The quantitative estimate of drug-likeness (QED) is 0.841. The summed E-state index contributed by atoms with van der Waals surface area (Å²) >= 11 is 0. The molecule has 1 aliphatic heterocycles. The summed E-state index contributed by atoms with van der Waals surface area (Å²) < 4.78 is 5.40. The molecule has 1 aromatic carbocycles. The molecule has 0 spiro atoms. The Morgan fingerprint density at radius 3 is 2.22 bits per heavy atom. The van der Waals surface area contributed by atoms with Gasteiger partial charge in [-0.05, 0) is 45.7 Å². The van der Waals surface area contributed by atoms with E-state index in [1.165, 1.54) is 0 Å². The summed E-state index contributed by atoms with van der Waals surface area (Å²) in [5, 5.41) is 0. The molecule has 0 N–H and O–H groups in total. The number of likely N-dealkylation sites (tertiary alicyclic amines) is 1. The van der Waals surface area contributed by atoms with E-state index in [1.54, 1.807) is 9.80 Å². The molecule has 0 atom stereocenters. The molecule has 0 radical (unpaired) electrons. The van der Waals surface area contributed by atoms with Crippen LogP contribution in [0.5, 0.6) is 0 Å². The Morgan fingerprint density at radius 1 is 1.13 bits per heavy atom. The average Bonchev–Trinajstić information content (AvgIpc) is 2.53. The molecule has 5 heteroatoms. The Hall–Kier alpha value is -2.04. The Morgan fingerprint density at radius 2 is 1.70 bits per heavy atom. The first kappa shape index (κ1) is 17.3. The lowest BCUT2D eigenvalue weighted by molar-refractivity contribution is 0.0160. The topological polar surface area (TPSA) is 49.9 Å². The van der Waals surface area contributed by atoms with E-state index in [4.69, 9.17) is 4.74 Å². The van der Waals surface area contributed by atoms with Crippen LogP contribution in [0.4, 0.5) is 4.79 Å². The van der Waals surface area contributed by atoms with Crippen molar-refractivity contribution in [2.45, 2.75) is 45.3 Å². The number of nitrogens with zero attached hydrogens (tertiary/aromatic N) is 2. The van der Waals surface area contributed by atoms with Gasteiger partial charge in [0.25, 0.3) is 5.91 Å². The van der Waals surface area contributed by atoms with Gasteiger partial charge >= 0.3 is 6.09 Å². The smallest absolute Gasteiger partial charge is 0.410 e. The maximum absolute atomic E-state index is 12.5. The third kappa shape index (κ3) is 4.71. The highest BCUT2D eigenvalue weighted by Gasteiger charge is 2.30. The Bertz CT molecular complexity index is 543. The highest BCUT2D eigenvalue weighted by Crippen LogP contribution is 2.19. The number of piperidine rings is 1. The summed E-state index contributed by atoms with van der Waals surface area (Å²) in [7, 11) is 1.84. The fourth-order valence-corrected chi connectivity index (χ4v) is 2.71. The SMILES string of the molecule is CN(C(=O)c1ccccc1)C1CCN(C(=O)OC(C)(C)C)CC1. The van der Waals surface area contributed by atoms with Crippen molar-refractivity contribution in [1.82, 2.24) is 9.80 Å². The van der Waals surface area contributed by atoms with Crippen molar-refractivity contribution in [2.24, 2.45) is 0 Å². The molecule has 0 bridgehead atoms. The third-order valence-corrected chi connectivity index (χ3v) is 4.00. The fraction of sp³-hybridized carbons (Fsp3) is 0.556. The maximum Gasteiger partial charge on any atom is 0.410 e. The van der Waals surface area contributed by atoms with E-state index >= 15 is 0 Å². The predicted octanol–water partition coefficient (Wildman–Crippen LogP) is 3.16. The van der Waals surface area contributed by atoms with Gasteiger partial charge in [-0.1, -0.05) is 18.2 Å². The zero-order valence-electron chi connectivity index (χ0n) is 14.4. The standard InChI is InChI=1S/C18H26N2O3/c1-18(2,3)23-17(22)20-12-10-15(11-13-20)19(4)16(21)14-8-6-5-7-9-14/h5-9,15H,10-13H2,1-4H3. The Kier molecular flexibility index (Phi) is 5.29. The van der Waals surface area contributed by atoms with E-state index in [2.05, 4.69) is 0 Å². The van der Waals surface area contributed by atoms with Crippen LogP contribution in [0.15, 0.2) is 30.3 Å². The summed E-state index contributed by atoms with van der Waals surface area (Å²) in [6, 6.07) is 9.44. The summed E-state index contributed by atoms with van der Waals surface area (Å²) in [5.74, 6) is 0.0290. The van der Waals surface area contributed by atoms with Crippen LogP contribution in [0.25, 0.3) is 0 Å². The van der Waals surface area contributed by atoms with Gasteiger partial charge in [-0.15, -0.1) is 0 Å². The minimum absolute atomic E-state index is 0.0290. The summed E-state index contributed by atoms with van der Waals surface area (Å²) in [6.45, 7) is 6.83. The van der Waals surface area contributed by atoms with Gasteiger partial charge < -0.3 is 14.5 Å². The van der Waals surface area contributed by atoms with Crippen LogP contribution in [0.2, 0.25) is 0 Å². The molecule has 5 nitrogen and oxygen atoms in total. The van der Waals surface area contributed by atoms with Crippen molar-refractivity contribution in [3.05, 3.63) is 35.9 Å². The van der Waals surface area contributed by atoms with Crippen LogP contribution in [-0.2, 0) is 4.74 Å². The van der Waals surface area contributed by atoms with Gasteiger partial charge in [0.05, 0.1) is 0 Å². The zero-order valence-corrected chi connectivity index (χ0v) is 14.4. The molecule has 1 aliphatic rings. The third-order valence-electron chi connectivity index (χ3n) is 4.00. The van der Waals surface area contributed by atoms with Crippen molar-refractivity contribution in [3.8, 4) is 0 Å². The minimum Gasteiger partial charge on any atom is -0.444 e. The molecule has 1 saturated heterocycles. The maximum atomic E-state index is 12.5. The number of carbonyl (C=O) groups excluding carboxylic acids is 2. The Balaban J connectivity index is 1.89. The van der Waals surface area contributed by atoms with Crippen LogP contribution < -0.4 is 0 Å². The number of carbonyl (C=O) groups is 2. The lowest BCUT2D eigenvalue weighted by atomic mass is 10.0. The van der Waals surface area contributed by atoms with Gasteiger partial charge in [-0.2, -0.15) is 0 Å². The first-order valence-electron chi connectivity index (χ1n) is 8.08. The van der Waals surface area contributed by atoms with Crippen LogP contribution in [0, 0.1) is 0 Å². The van der Waals surface area contributed by atoms with E-state index < -0.39 is 5.60 Å². The molecule has 126 valence electrons. The predicted molar refractivity (Wildman–Crippen MR) is 89.4 cm³/mol. The highest BCUT2D eigenvalue weighted by molar-refractivity contribution is 5.94. The highest BCUT2D eigenvalue weighted by atomic mass is 16.6. The normalized spacial score (nSPS) is 16.1. The van der Waals surface area contributed by atoms with Crippen molar-refractivity contribution in [3.63, 3.8) is 0 Å². The first-order chi connectivity index (χ1) is 10.8. The number of rotatable bonds is 2. The van der Waals surface area contributed by atoms with Gasteiger partial charge in [-0.3, -0.25) is 4.79 Å². The van der Waals surface area contributed by atoms with Gasteiger partial charge in [0, 0.05) is 31.7 Å². The van der Waals surface area contributed by atoms with E-state index in [0.717, 1.165) is 12.8 Å². The molecule has 2 amide bonds. The van der Waals surface area contributed by atoms with Crippen LogP contribution >= 0.6 is 0 Å². The molecule has 1 aromatic rings. The van der Waals surface area contributed by atoms with Gasteiger partial charge in [-0.25, -0.2) is 4.79 Å². The van der Waals surface area contributed by atoms with E-state index in [9.17, 15) is 9.59 Å². The number of ether oxygens (including phenoxy) is 1. The molecule has 1 fully saturated rings. The molecule has 23 heavy (non-hydrogen) atoms. The van der Waals surface area contributed by atoms with Gasteiger partial charge in [0.2, 0.25) is 0 Å². The second-order valence-electron chi connectivity index (χ2n) is 6.98. The van der Waals surface area contributed by atoms with Crippen molar-refractivity contribution < 1.29 is 14.3 Å². The zero-order chi connectivity index (χ0) is 17.0. The second-order valence-corrected chi connectivity index (χ2v) is 6.98. The van der Waals surface area contributed by atoms with E-state index in [0.29, 0.717) is 18.7 Å². The summed E-state index contributed by atoms with van der Waals surface area (Å²) in [4.78, 5) is 28.1. The van der Waals surface area contributed by atoms with E-state index in [1.807, 2.05) is 58.2 Å². The monoisotopic (exact) mass is 318 g/mol. The number of hydrogen-bond donors (Lipinski definition) is 0. The molecule has 2 rings (SSSR count). The number of amides is 2. The molecule has 0 unspecified atom stereocenters. The lowest BCUT2D eigenvalue weighted by Gasteiger charge is -2.37. The largest absolute Gasteiger partial charge is 0.444 e. The molecular formula is C18H26N2O3. The Labute approximate surface area is 138 Å². The fourth-order valence-electron chi connectivity index (χ4n) is 2.71. The minimum atomic E-state index is -0.478. The van der Waals surface area contributed by atoms with Crippen molar-refractivity contribution in [1.29, 1.82) is 0 Å². The van der Waals surface area contributed by atoms with Gasteiger partial charge in [0.1, 0.15) is 5.60 Å². The molecule has 1 heterocycles. The molecular weight excluding hydrogens is 292 g/mol. The van der Waals surface area contributed by atoms with E-state index in [-0.39, 0.29) is 18.0 Å². The second kappa shape index (κ2) is 7.02. The lowest BCUT2D eigenvalue weighted by Crippen LogP contribution is -2.48. The number of hydrogen-bond acceptors (Lipinski definition) is 3. The van der Waals surface area contributed by atoms with Gasteiger partial charge in [0.15, 0.2) is 0 Å². The molecule has 0 aliphatic carbocycles. The summed E-state index contributed by atoms with van der Waals surface area (Å²) in [5.41, 5.74) is 0.221. The summed E-state index contributed by atoms with van der Waals surface area (Å²) in [6.07, 6.45) is 1.27. The molecule has 0 aromatic heterocycles.